The lowest BCUT2D eigenvalue weighted by atomic mass is 11.2. The molecule has 0 aliphatic carbocycles. The molecule has 0 saturated heterocycles. The summed E-state index contributed by atoms with van der Waals surface area (Å²) in [6, 6.07) is 0. The lowest BCUT2D eigenvalue weighted by molar-refractivity contribution is 0.389. The average molecular weight is 149 g/mol. The second-order valence-electron chi connectivity index (χ2n) is 1.92. The SMILES string of the molecule is C=COP(C)(=O)N(C)C. The van der Waals surface area contributed by atoms with Crippen LogP contribution in [0.5, 0.6) is 0 Å². The van der Waals surface area contributed by atoms with E-state index in [4.69, 9.17) is 4.52 Å². The van der Waals surface area contributed by atoms with Crippen LogP contribution in [0.2, 0.25) is 0 Å². The quantitative estimate of drug-likeness (QED) is 0.450. The molecule has 3 nitrogen and oxygen atoms in total. The molecule has 9 heavy (non-hydrogen) atoms. The highest BCUT2D eigenvalue weighted by Gasteiger charge is 2.16. The van der Waals surface area contributed by atoms with Crippen LogP contribution >= 0.6 is 7.52 Å². The molecular formula is C5H12NO2P. The highest BCUT2D eigenvalue weighted by Crippen LogP contribution is 2.44. The van der Waals surface area contributed by atoms with Crippen molar-refractivity contribution < 1.29 is 9.09 Å². The van der Waals surface area contributed by atoms with Gasteiger partial charge in [0, 0.05) is 6.66 Å². The minimum Gasteiger partial charge on any atom is -0.441 e. The van der Waals surface area contributed by atoms with Crippen LogP contribution in [0.4, 0.5) is 0 Å². The van der Waals surface area contributed by atoms with E-state index >= 15 is 0 Å². The standard InChI is InChI=1S/C5H12NO2P/c1-5-8-9(4,7)6(2)3/h5H,1H2,2-4H3. The Hall–Kier alpha value is -0.270. The third kappa shape index (κ3) is 2.68. The van der Waals surface area contributed by atoms with Gasteiger partial charge in [-0.05, 0) is 14.1 Å². The maximum atomic E-state index is 11.1. The molecule has 1 atom stereocenters. The van der Waals surface area contributed by atoms with E-state index in [1.54, 1.807) is 14.1 Å². The van der Waals surface area contributed by atoms with Crippen molar-refractivity contribution in [1.29, 1.82) is 0 Å². The van der Waals surface area contributed by atoms with Crippen LogP contribution in [0.25, 0.3) is 0 Å². The highest BCUT2D eigenvalue weighted by molar-refractivity contribution is 7.55. The minimum absolute atomic E-state index is 1.20. The zero-order chi connectivity index (χ0) is 7.49. The summed E-state index contributed by atoms with van der Waals surface area (Å²) in [5.74, 6) is 0. The summed E-state index contributed by atoms with van der Waals surface area (Å²) < 4.78 is 17.4. The van der Waals surface area contributed by atoms with Gasteiger partial charge in [0.2, 0.25) is 0 Å². The van der Waals surface area contributed by atoms with Gasteiger partial charge >= 0.3 is 7.52 Å². The summed E-state index contributed by atoms with van der Waals surface area (Å²) in [6.45, 7) is 4.84. The lowest BCUT2D eigenvalue weighted by Crippen LogP contribution is -2.07. The minimum atomic E-state index is -2.55. The first-order valence-corrected chi connectivity index (χ1v) is 4.58. The molecule has 54 valence electrons. The van der Waals surface area contributed by atoms with Gasteiger partial charge in [-0.1, -0.05) is 6.58 Å². The number of hydrogen-bond acceptors (Lipinski definition) is 2. The van der Waals surface area contributed by atoms with Gasteiger partial charge in [-0.3, -0.25) is 4.57 Å². The third-order valence-corrected chi connectivity index (χ3v) is 2.99. The lowest BCUT2D eigenvalue weighted by Gasteiger charge is -2.18. The van der Waals surface area contributed by atoms with Gasteiger partial charge in [0.15, 0.2) is 0 Å². The molecule has 4 heteroatoms. The number of hydrogen-bond donors (Lipinski definition) is 0. The second kappa shape index (κ2) is 3.04. The molecular weight excluding hydrogens is 137 g/mol. The van der Waals surface area contributed by atoms with Crippen LogP contribution < -0.4 is 0 Å². The van der Waals surface area contributed by atoms with Crippen LogP contribution in [0, 0.1) is 0 Å². The second-order valence-corrected chi connectivity index (χ2v) is 4.54. The summed E-state index contributed by atoms with van der Waals surface area (Å²) in [7, 11) is 0.848. The maximum absolute atomic E-state index is 11.1. The Morgan fingerprint density at radius 2 is 2.11 bits per heavy atom. The molecule has 0 heterocycles. The number of nitrogens with zero attached hydrogens (tertiary/aromatic N) is 1. The van der Waals surface area contributed by atoms with Crippen molar-refractivity contribution in [3.63, 3.8) is 0 Å². The van der Waals surface area contributed by atoms with Gasteiger partial charge in [0.1, 0.15) is 0 Å². The van der Waals surface area contributed by atoms with Gasteiger partial charge in [-0.25, -0.2) is 4.67 Å². The zero-order valence-corrected chi connectivity index (χ0v) is 6.89. The van der Waals surface area contributed by atoms with E-state index in [2.05, 4.69) is 6.58 Å². The zero-order valence-electron chi connectivity index (χ0n) is 6.00. The van der Waals surface area contributed by atoms with Crippen molar-refractivity contribution in [3.8, 4) is 0 Å². The summed E-state index contributed by atoms with van der Waals surface area (Å²) in [6.07, 6.45) is 1.20. The Kier molecular flexibility index (Phi) is 2.95. The highest BCUT2D eigenvalue weighted by atomic mass is 31.2. The van der Waals surface area contributed by atoms with E-state index < -0.39 is 7.52 Å². The Morgan fingerprint density at radius 1 is 1.67 bits per heavy atom. The van der Waals surface area contributed by atoms with Crippen molar-refractivity contribution in [2.45, 2.75) is 0 Å². The topological polar surface area (TPSA) is 29.5 Å². The first-order valence-electron chi connectivity index (χ1n) is 2.55. The molecule has 0 bridgehead atoms. The molecule has 0 amide bonds. The van der Waals surface area contributed by atoms with E-state index in [-0.39, 0.29) is 0 Å². The van der Waals surface area contributed by atoms with Crippen LogP contribution in [0.15, 0.2) is 12.8 Å². The van der Waals surface area contributed by atoms with Gasteiger partial charge in [0.25, 0.3) is 0 Å². The van der Waals surface area contributed by atoms with E-state index in [1.807, 2.05) is 0 Å². The molecule has 0 saturated carbocycles. The molecule has 1 unspecified atom stereocenters. The molecule has 0 fully saturated rings. The van der Waals surface area contributed by atoms with E-state index in [9.17, 15) is 4.57 Å². The summed E-state index contributed by atoms with van der Waals surface area (Å²) in [5, 5.41) is 0. The van der Waals surface area contributed by atoms with Crippen LogP contribution in [-0.4, -0.2) is 25.4 Å². The molecule has 0 aromatic rings. The fourth-order valence-electron chi connectivity index (χ4n) is 0.233. The molecule has 0 aromatic heterocycles. The van der Waals surface area contributed by atoms with Crippen LogP contribution in [-0.2, 0) is 9.09 Å². The number of rotatable bonds is 3. The molecule has 0 N–H and O–H groups in total. The molecule has 0 aromatic carbocycles. The van der Waals surface area contributed by atoms with Gasteiger partial charge < -0.3 is 4.52 Å². The Labute approximate surface area is 55.8 Å². The smallest absolute Gasteiger partial charge is 0.315 e. The predicted octanol–water partition coefficient (Wildman–Crippen LogP) is 1.53. The van der Waals surface area contributed by atoms with E-state index in [0.717, 1.165) is 0 Å². The van der Waals surface area contributed by atoms with Gasteiger partial charge in [-0.15, -0.1) is 0 Å². The predicted molar refractivity (Wildman–Crippen MR) is 38.5 cm³/mol. The van der Waals surface area contributed by atoms with E-state index in [1.165, 1.54) is 17.6 Å². The molecule has 0 radical (unpaired) electrons. The largest absolute Gasteiger partial charge is 0.441 e. The monoisotopic (exact) mass is 149 g/mol. The van der Waals surface area contributed by atoms with Crippen molar-refractivity contribution >= 4 is 7.52 Å². The average Bonchev–Trinajstić information content (AvgIpc) is 1.65. The Bertz CT molecular complexity index is 144. The normalized spacial score (nSPS) is 16.9. The molecule has 0 spiro atoms. The fourth-order valence-corrected chi connectivity index (χ4v) is 0.698. The van der Waals surface area contributed by atoms with Crippen molar-refractivity contribution in [1.82, 2.24) is 4.67 Å². The summed E-state index contributed by atoms with van der Waals surface area (Å²) >= 11 is 0. The fraction of sp³-hybridized carbons (Fsp3) is 0.600. The van der Waals surface area contributed by atoms with E-state index in [0.29, 0.717) is 0 Å². The van der Waals surface area contributed by atoms with Crippen molar-refractivity contribution in [3.05, 3.63) is 12.8 Å². The molecule has 0 aliphatic heterocycles. The Balaban J connectivity index is 4.02. The van der Waals surface area contributed by atoms with Crippen LogP contribution in [0.3, 0.4) is 0 Å². The van der Waals surface area contributed by atoms with Gasteiger partial charge in [-0.2, -0.15) is 0 Å². The summed E-state index contributed by atoms with van der Waals surface area (Å²) in [4.78, 5) is 0. The summed E-state index contributed by atoms with van der Waals surface area (Å²) in [5.41, 5.74) is 0. The van der Waals surface area contributed by atoms with Crippen molar-refractivity contribution in [2.75, 3.05) is 20.8 Å². The third-order valence-electron chi connectivity index (χ3n) is 0.997. The molecule has 0 aliphatic rings. The van der Waals surface area contributed by atoms with Gasteiger partial charge in [0.05, 0.1) is 6.26 Å². The van der Waals surface area contributed by atoms with Crippen molar-refractivity contribution in [2.24, 2.45) is 0 Å². The maximum Gasteiger partial charge on any atom is 0.315 e. The Morgan fingerprint density at radius 3 is 2.22 bits per heavy atom. The molecule has 0 rings (SSSR count). The van der Waals surface area contributed by atoms with Crippen LogP contribution in [0.1, 0.15) is 0 Å². The first kappa shape index (κ1) is 8.73. The first-order chi connectivity index (χ1) is 4.00.